The molecule has 0 aliphatic carbocycles. The molecule has 0 radical (unpaired) electrons. The molecule has 0 unspecified atom stereocenters. The maximum absolute atomic E-state index is 12.2. The van der Waals surface area contributed by atoms with Gasteiger partial charge in [-0.25, -0.2) is 0 Å². The first-order chi connectivity index (χ1) is 9.83. The van der Waals surface area contributed by atoms with Crippen LogP contribution >= 0.6 is 0 Å². The summed E-state index contributed by atoms with van der Waals surface area (Å²) in [6.07, 6.45) is 3.28. The van der Waals surface area contributed by atoms with Crippen molar-refractivity contribution in [3.63, 3.8) is 0 Å². The minimum absolute atomic E-state index is 0.0757. The molecule has 0 bridgehead atoms. The molecule has 0 aliphatic heterocycles. The minimum atomic E-state index is -0.163. The van der Waals surface area contributed by atoms with Crippen molar-refractivity contribution in [3.05, 3.63) is 53.9 Å². The van der Waals surface area contributed by atoms with Gasteiger partial charge in [0.1, 0.15) is 0 Å². The van der Waals surface area contributed by atoms with Crippen LogP contribution in [0.3, 0.4) is 0 Å². The first-order valence-corrected chi connectivity index (χ1v) is 6.95. The lowest BCUT2D eigenvalue weighted by Crippen LogP contribution is -2.26. The molecule has 4 nitrogen and oxygen atoms in total. The molecule has 0 spiro atoms. The molecular weight excluding hydrogens is 262 g/mol. The number of hydrogen-bond donors (Lipinski definition) is 2. The lowest BCUT2D eigenvalue weighted by Gasteiger charge is -2.22. The highest BCUT2D eigenvalue weighted by Crippen LogP contribution is 2.16. The third-order valence-electron chi connectivity index (χ3n) is 2.83. The van der Waals surface area contributed by atoms with Gasteiger partial charge < -0.3 is 10.6 Å². The molecule has 0 saturated carbocycles. The molecule has 110 valence electrons. The van der Waals surface area contributed by atoms with Gasteiger partial charge >= 0.3 is 0 Å². The van der Waals surface area contributed by atoms with Crippen LogP contribution < -0.4 is 10.6 Å². The lowest BCUT2D eigenvalue weighted by atomic mass is 10.1. The van der Waals surface area contributed by atoms with Crippen molar-refractivity contribution in [2.24, 2.45) is 0 Å². The van der Waals surface area contributed by atoms with Crippen molar-refractivity contribution < 1.29 is 4.79 Å². The molecule has 1 aromatic heterocycles. The van der Waals surface area contributed by atoms with Crippen molar-refractivity contribution in [3.8, 4) is 0 Å². The first kappa shape index (κ1) is 15.0. The summed E-state index contributed by atoms with van der Waals surface area (Å²) in [4.78, 5) is 16.4. The molecule has 4 heteroatoms. The van der Waals surface area contributed by atoms with Crippen molar-refractivity contribution in [1.29, 1.82) is 0 Å². The Morgan fingerprint density at radius 3 is 2.33 bits per heavy atom. The third-order valence-corrected chi connectivity index (χ3v) is 2.83. The van der Waals surface area contributed by atoms with E-state index in [0.717, 1.165) is 16.9 Å². The molecule has 1 aromatic carbocycles. The zero-order valence-corrected chi connectivity index (χ0v) is 12.9. The highest BCUT2D eigenvalue weighted by atomic mass is 16.1. The second-order valence-electron chi connectivity index (χ2n) is 6.16. The van der Waals surface area contributed by atoms with E-state index in [2.05, 4.69) is 36.4 Å². The van der Waals surface area contributed by atoms with Gasteiger partial charge in [-0.15, -0.1) is 0 Å². The van der Waals surface area contributed by atoms with Crippen molar-refractivity contribution >= 4 is 17.3 Å². The average molecular weight is 283 g/mol. The van der Waals surface area contributed by atoms with Gasteiger partial charge in [0.05, 0.1) is 11.3 Å². The molecule has 21 heavy (non-hydrogen) atoms. The number of anilines is 2. The second kappa shape index (κ2) is 5.95. The van der Waals surface area contributed by atoms with Crippen LogP contribution in [0.5, 0.6) is 0 Å². The fourth-order valence-electron chi connectivity index (χ4n) is 1.91. The molecule has 1 heterocycles. The van der Waals surface area contributed by atoms with Crippen molar-refractivity contribution in [2.75, 3.05) is 10.6 Å². The summed E-state index contributed by atoms with van der Waals surface area (Å²) in [6.45, 7) is 8.20. The smallest absolute Gasteiger partial charge is 0.257 e. The van der Waals surface area contributed by atoms with Crippen LogP contribution in [0.15, 0.2) is 42.7 Å². The number of hydrogen-bond acceptors (Lipinski definition) is 3. The Morgan fingerprint density at radius 1 is 1.05 bits per heavy atom. The maximum Gasteiger partial charge on any atom is 0.257 e. The number of aromatic nitrogens is 1. The van der Waals surface area contributed by atoms with Crippen molar-refractivity contribution in [2.45, 2.75) is 33.2 Å². The Bertz CT molecular complexity index is 627. The number of nitrogens with zero attached hydrogens (tertiary/aromatic N) is 1. The number of pyridine rings is 1. The number of carbonyl (C=O) groups excluding carboxylic acids is 1. The quantitative estimate of drug-likeness (QED) is 0.899. The Hall–Kier alpha value is -2.36. The van der Waals surface area contributed by atoms with E-state index in [1.807, 2.05) is 37.3 Å². The molecule has 0 saturated heterocycles. The lowest BCUT2D eigenvalue weighted by molar-refractivity contribution is 0.102. The van der Waals surface area contributed by atoms with Gasteiger partial charge in [0, 0.05) is 23.6 Å². The number of carbonyl (C=O) groups is 1. The van der Waals surface area contributed by atoms with Gasteiger partial charge in [0.15, 0.2) is 0 Å². The fraction of sp³-hybridized carbons (Fsp3) is 0.294. The van der Waals surface area contributed by atoms with Crippen molar-refractivity contribution in [1.82, 2.24) is 4.98 Å². The van der Waals surface area contributed by atoms with E-state index in [-0.39, 0.29) is 11.4 Å². The summed E-state index contributed by atoms with van der Waals surface area (Å²) in [5, 5.41) is 6.17. The zero-order valence-electron chi connectivity index (χ0n) is 12.9. The zero-order chi connectivity index (χ0) is 15.5. The molecule has 2 aromatic rings. The average Bonchev–Trinajstić information content (AvgIpc) is 2.40. The molecule has 2 rings (SSSR count). The molecule has 0 aliphatic rings. The summed E-state index contributed by atoms with van der Waals surface area (Å²) < 4.78 is 0. The maximum atomic E-state index is 12.2. The number of benzene rings is 1. The SMILES string of the molecule is Cc1ccc(NC(=O)c2cncc(NC(C)(C)C)c2)cc1. The Balaban J connectivity index is 2.12. The Kier molecular flexibility index (Phi) is 4.26. The Labute approximate surface area is 125 Å². The number of amides is 1. The second-order valence-corrected chi connectivity index (χ2v) is 6.16. The van der Waals surface area contributed by atoms with Gasteiger partial charge in [-0.2, -0.15) is 0 Å². The summed E-state index contributed by atoms with van der Waals surface area (Å²) in [5.41, 5.74) is 3.22. The summed E-state index contributed by atoms with van der Waals surface area (Å²) in [6, 6.07) is 9.51. The first-order valence-electron chi connectivity index (χ1n) is 6.95. The van der Waals surface area contributed by atoms with Crippen LogP contribution in [0.4, 0.5) is 11.4 Å². The van der Waals surface area contributed by atoms with Gasteiger partial charge in [-0.3, -0.25) is 9.78 Å². The van der Waals surface area contributed by atoms with E-state index in [4.69, 9.17) is 0 Å². The van der Waals surface area contributed by atoms with Crippen LogP contribution in [0, 0.1) is 6.92 Å². The topological polar surface area (TPSA) is 54.0 Å². The van der Waals surface area contributed by atoms with E-state index < -0.39 is 0 Å². The summed E-state index contributed by atoms with van der Waals surface area (Å²) in [7, 11) is 0. The summed E-state index contributed by atoms with van der Waals surface area (Å²) >= 11 is 0. The predicted octanol–water partition coefficient (Wildman–Crippen LogP) is 3.85. The van der Waals surface area contributed by atoms with Crippen LogP contribution in [-0.4, -0.2) is 16.4 Å². The molecule has 2 N–H and O–H groups in total. The van der Waals surface area contributed by atoms with Gasteiger partial charge in [0.2, 0.25) is 0 Å². The van der Waals surface area contributed by atoms with E-state index in [1.165, 1.54) is 0 Å². The van der Waals surface area contributed by atoms with E-state index in [0.29, 0.717) is 5.56 Å². The highest BCUT2D eigenvalue weighted by molar-refractivity contribution is 6.04. The van der Waals surface area contributed by atoms with Gasteiger partial charge in [-0.1, -0.05) is 17.7 Å². The third kappa shape index (κ3) is 4.60. The summed E-state index contributed by atoms with van der Waals surface area (Å²) in [5.74, 6) is -0.163. The van der Waals surface area contributed by atoms with Crippen LogP contribution in [0.25, 0.3) is 0 Å². The minimum Gasteiger partial charge on any atom is -0.379 e. The van der Waals surface area contributed by atoms with E-state index in [1.54, 1.807) is 12.4 Å². The molecule has 0 atom stereocenters. The van der Waals surface area contributed by atoms with E-state index in [9.17, 15) is 4.79 Å². The van der Waals surface area contributed by atoms with Crippen LogP contribution in [0.2, 0.25) is 0 Å². The van der Waals surface area contributed by atoms with Crippen LogP contribution in [0.1, 0.15) is 36.7 Å². The highest BCUT2D eigenvalue weighted by Gasteiger charge is 2.12. The molecule has 1 amide bonds. The predicted molar refractivity (Wildman–Crippen MR) is 86.7 cm³/mol. The Morgan fingerprint density at radius 2 is 1.71 bits per heavy atom. The standard InChI is InChI=1S/C17H21N3O/c1-12-5-7-14(8-6-12)19-16(21)13-9-15(11-18-10-13)20-17(2,3)4/h5-11,20H,1-4H3,(H,19,21). The van der Waals surface area contributed by atoms with Gasteiger partial charge in [-0.05, 0) is 45.9 Å². The number of aryl methyl sites for hydroxylation is 1. The van der Waals surface area contributed by atoms with Crippen LogP contribution in [-0.2, 0) is 0 Å². The number of nitrogens with one attached hydrogen (secondary N) is 2. The van der Waals surface area contributed by atoms with E-state index >= 15 is 0 Å². The molecular formula is C17H21N3O. The molecule has 0 fully saturated rings. The monoisotopic (exact) mass is 283 g/mol. The normalized spacial score (nSPS) is 11.0. The number of rotatable bonds is 3. The fourth-order valence-corrected chi connectivity index (χ4v) is 1.91. The van der Waals surface area contributed by atoms with Gasteiger partial charge in [0.25, 0.3) is 5.91 Å². The largest absolute Gasteiger partial charge is 0.379 e.